The number of nitrogens with zero attached hydrogens (tertiary/aromatic N) is 3. The first-order valence-electron chi connectivity index (χ1n) is 24.5. The van der Waals surface area contributed by atoms with Gasteiger partial charge in [0.15, 0.2) is 0 Å². The minimum absolute atomic E-state index is 0.0811. The number of hydrogen-bond donors (Lipinski definition) is 2. The molecule has 2 heterocycles. The quantitative estimate of drug-likeness (QED) is 0.0342. The average Bonchev–Trinajstić information content (AvgIpc) is 4.13. The van der Waals surface area contributed by atoms with E-state index in [0.717, 1.165) is 87.0 Å². The molecular formula is C52H76FN3O8. The Hall–Kier alpha value is -3.97. The summed E-state index contributed by atoms with van der Waals surface area (Å²) >= 11 is 0. The van der Waals surface area contributed by atoms with E-state index in [4.69, 9.17) is 28.9 Å². The van der Waals surface area contributed by atoms with Crippen LogP contribution < -0.4 is 9.47 Å². The van der Waals surface area contributed by atoms with Gasteiger partial charge >= 0.3 is 6.09 Å². The van der Waals surface area contributed by atoms with Crippen LogP contribution in [0.15, 0.2) is 71.9 Å². The second-order valence-electron chi connectivity index (χ2n) is 18.2. The highest BCUT2D eigenvalue weighted by Crippen LogP contribution is 2.62. The zero-order valence-corrected chi connectivity index (χ0v) is 38.7. The van der Waals surface area contributed by atoms with E-state index in [1.807, 2.05) is 12.1 Å². The summed E-state index contributed by atoms with van der Waals surface area (Å²) in [5.41, 5.74) is 3.39. The van der Waals surface area contributed by atoms with E-state index in [1.165, 1.54) is 57.1 Å². The molecule has 0 spiro atoms. The molecule has 6 unspecified atom stereocenters. The zero-order valence-electron chi connectivity index (χ0n) is 38.7. The number of carbonyl (C=O) groups excluding carboxylic acids is 1. The number of aliphatic hydroxyl groups is 2. The van der Waals surface area contributed by atoms with Crippen LogP contribution in [0.4, 0.5) is 9.18 Å². The van der Waals surface area contributed by atoms with E-state index < -0.39 is 23.8 Å². The van der Waals surface area contributed by atoms with Crippen LogP contribution in [0.25, 0.3) is 0 Å². The van der Waals surface area contributed by atoms with Crippen LogP contribution in [0, 0.1) is 23.6 Å². The first-order valence-corrected chi connectivity index (χ1v) is 24.5. The van der Waals surface area contributed by atoms with Crippen LogP contribution >= 0.6 is 0 Å². The van der Waals surface area contributed by atoms with E-state index >= 15 is 0 Å². The van der Waals surface area contributed by atoms with E-state index in [-0.39, 0.29) is 63.0 Å². The van der Waals surface area contributed by atoms with Crippen molar-refractivity contribution in [2.75, 3.05) is 59.8 Å². The predicted octanol–water partition coefficient (Wildman–Crippen LogP) is 10.3. The van der Waals surface area contributed by atoms with Gasteiger partial charge in [-0.15, -0.1) is 6.58 Å². The van der Waals surface area contributed by atoms with Crippen LogP contribution in [0.5, 0.6) is 11.5 Å². The fraction of sp³-hybridized carbons (Fsp3) is 0.654. The Kier molecular flexibility index (Phi) is 19.8. The van der Waals surface area contributed by atoms with Gasteiger partial charge in [-0.2, -0.15) is 0 Å². The van der Waals surface area contributed by atoms with Gasteiger partial charge < -0.3 is 34.0 Å². The second kappa shape index (κ2) is 25.7. The van der Waals surface area contributed by atoms with Crippen molar-refractivity contribution in [1.29, 1.82) is 0 Å². The third-order valence-electron chi connectivity index (χ3n) is 13.7. The topological polar surface area (TPSA) is 122 Å². The lowest BCUT2D eigenvalue weighted by Crippen LogP contribution is -2.70. The molecule has 2 N–H and O–H groups in total. The van der Waals surface area contributed by atoms with Crippen LogP contribution in [-0.2, 0) is 20.9 Å². The summed E-state index contributed by atoms with van der Waals surface area (Å²) in [4.78, 5) is 24.5. The number of halogens is 1. The third kappa shape index (κ3) is 13.1. The van der Waals surface area contributed by atoms with Crippen LogP contribution in [0.1, 0.15) is 133 Å². The number of hydrogen-bond acceptors (Lipinski definition) is 10. The Balaban J connectivity index is 1.40. The van der Waals surface area contributed by atoms with Crippen molar-refractivity contribution in [2.24, 2.45) is 22.9 Å². The Morgan fingerprint density at radius 2 is 1.64 bits per heavy atom. The third-order valence-corrected chi connectivity index (χ3v) is 13.7. The summed E-state index contributed by atoms with van der Waals surface area (Å²) in [6.45, 7) is 10.7. The highest BCUT2D eigenvalue weighted by molar-refractivity contribution is 6.03. The summed E-state index contributed by atoms with van der Waals surface area (Å²) in [6, 6.07) is 11.5. The largest absolute Gasteiger partial charge is 0.492 e. The van der Waals surface area contributed by atoms with Crippen LogP contribution in [0.2, 0.25) is 0 Å². The normalized spacial score (nSPS) is 24.0. The number of rotatable bonds is 30. The molecule has 6 atom stereocenters. The van der Waals surface area contributed by atoms with Crippen molar-refractivity contribution in [2.45, 2.75) is 140 Å². The first kappa shape index (κ1) is 49.5. The number of carbonyl (C=O) groups is 1. The molecule has 11 nitrogen and oxygen atoms in total. The number of fused-ring (bicyclic) bond motifs is 2. The lowest BCUT2D eigenvalue weighted by atomic mass is 9.55. The van der Waals surface area contributed by atoms with E-state index in [0.29, 0.717) is 30.9 Å². The van der Waals surface area contributed by atoms with Gasteiger partial charge in [0.25, 0.3) is 0 Å². The van der Waals surface area contributed by atoms with Crippen molar-refractivity contribution in [3.63, 3.8) is 0 Å². The first-order chi connectivity index (χ1) is 31.4. The Morgan fingerprint density at radius 3 is 2.31 bits per heavy atom. The molecule has 0 aromatic heterocycles. The van der Waals surface area contributed by atoms with Crippen molar-refractivity contribution >= 4 is 11.8 Å². The molecule has 354 valence electrons. The highest BCUT2D eigenvalue weighted by atomic mass is 19.1. The number of allylic oxidation sites excluding steroid dienone is 1. The van der Waals surface area contributed by atoms with Gasteiger partial charge in [-0.05, 0) is 85.4 Å². The van der Waals surface area contributed by atoms with Gasteiger partial charge in [0.1, 0.15) is 37.1 Å². The fourth-order valence-electron chi connectivity index (χ4n) is 10.4. The van der Waals surface area contributed by atoms with Gasteiger partial charge in [0, 0.05) is 57.3 Å². The summed E-state index contributed by atoms with van der Waals surface area (Å²) < 4.78 is 41.4. The number of ether oxygens (including phenoxy) is 4. The second-order valence-corrected chi connectivity index (χ2v) is 18.2. The Labute approximate surface area is 382 Å². The number of amides is 1. The fourth-order valence-corrected chi connectivity index (χ4v) is 10.4. The lowest BCUT2D eigenvalue weighted by molar-refractivity contribution is -0.256. The molecule has 2 aromatic carbocycles. The number of oxime groups is 1. The Morgan fingerprint density at radius 1 is 0.938 bits per heavy atom. The molecule has 6 rings (SSSR count). The van der Waals surface area contributed by atoms with Gasteiger partial charge in [-0.3, -0.25) is 9.80 Å². The van der Waals surface area contributed by atoms with E-state index in [1.54, 1.807) is 30.2 Å². The van der Waals surface area contributed by atoms with Crippen molar-refractivity contribution in [3.8, 4) is 11.5 Å². The minimum Gasteiger partial charge on any atom is -0.492 e. The zero-order chi connectivity index (χ0) is 45.2. The van der Waals surface area contributed by atoms with Crippen molar-refractivity contribution in [3.05, 3.63) is 83.7 Å². The predicted molar refractivity (Wildman–Crippen MR) is 249 cm³/mol. The molecule has 64 heavy (non-hydrogen) atoms. The number of unbranched alkanes of at least 4 members (excludes halogenated alkanes) is 11. The van der Waals surface area contributed by atoms with E-state index in [2.05, 4.69) is 30.5 Å². The maximum atomic E-state index is 14.8. The Bertz CT molecular complexity index is 1800. The van der Waals surface area contributed by atoms with Crippen LogP contribution in [-0.4, -0.2) is 103 Å². The number of aliphatic hydroxyl groups excluding tert-OH is 2. The summed E-state index contributed by atoms with van der Waals surface area (Å²) in [5, 5.41) is 24.5. The van der Waals surface area contributed by atoms with Crippen molar-refractivity contribution in [1.82, 2.24) is 9.80 Å². The molecule has 12 heteroatoms. The molecule has 1 amide bonds. The monoisotopic (exact) mass is 890 g/mol. The van der Waals surface area contributed by atoms with Gasteiger partial charge in [-0.25, -0.2) is 9.18 Å². The maximum absolute atomic E-state index is 14.8. The standard InChI is InChI=1S/C52H76FN3O8/c1-4-6-7-8-9-10-11-12-13-18-33-62-51(59)56(38-39-21-23-41(53)24-22-39)48-37-46(54-60-3)44-35-40(19-14-16-30-57)43(20-15-17-31-58)49-45-36-42(61-34-29-55-27-28-55)25-26-47(45)64-52(48,50(44)49)63-32-5-2/h5,21-26,35-36,40,43,48-50,57-58H,2,4,6-20,27-34,37-38H2,1,3H3. The summed E-state index contributed by atoms with van der Waals surface area (Å²) in [6.07, 6.45) is 20.1. The molecule has 2 fully saturated rings. The van der Waals surface area contributed by atoms with Gasteiger partial charge in [0.05, 0.1) is 24.8 Å². The molecule has 2 aromatic rings. The van der Waals surface area contributed by atoms with Crippen molar-refractivity contribution < 1.29 is 43.2 Å². The molecule has 1 saturated carbocycles. The average molecular weight is 890 g/mol. The highest BCUT2D eigenvalue weighted by Gasteiger charge is 2.65. The molecule has 0 bridgehead atoms. The molecule has 4 aliphatic rings. The summed E-state index contributed by atoms with van der Waals surface area (Å²) in [7, 11) is 1.54. The van der Waals surface area contributed by atoms with Crippen LogP contribution in [0.3, 0.4) is 0 Å². The molecular weight excluding hydrogens is 814 g/mol. The van der Waals surface area contributed by atoms with Gasteiger partial charge in [-0.1, -0.05) is 107 Å². The van der Waals surface area contributed by atoms with E-state index in [9.17, 15) is 19.4 Å². The summed E-state index contributed by atoms with van der Waals surface area (Å²) in [5.74, 6) is -0.831. The molecule has 2 aliphatic carbocycles. The molecule has 0 radical (unpaired) electrons. The molecule has 1 saturated heterocycles. The van der Waals surface area contributed by atoms with Gasteiger partial charge in [0.2, 0.25) is 5.79 Å². The number of benzene rings is 2. The minimum atomic E-state index is -1.44. The maximum Gasteiger partial charge on any atom is 0.410 e. The lowest BCUT2D eigenvalue weighted by Gasteiger charge is -2.59. The SMILES string of the molecule is C=CCOC12Oc3ccc(OCCN4CC4)cc3C3C(CCCCO)C(CCCCO)C=C(C(=NOC)CC1N(Cc1ccc(F)cc1)C(=O)OCCCCCCCCCCCC)C32. The molecule has 2 aliphatic heterocycles. The smallest absolute Gasteiger partial charge is 0.410 e.